The highest BCUT2D eigenvalue weighted by atomic mass is 16.6. The maximum Gasteiger partial charge on any atom is 0.341 e. The van der Waals surface area contributed by atoms with Gasteiger partial charge in [-0.25, -0.2) is 9.78 Å². The van der Waals surface area contributed by atoms with E-state index in [4.69, 9.17) is 5.11 Å². The summed E-state index contributed by atoms with van der Waals surface area (Å²) in [4.78, 5) is 23.7. The Bertz CT molecular complexity index is 404. The van der Waals surface area contributed by atoms with E-state index in [-0.39, 0.29) is 11.6 Å². The van der Waals surface area contributed by atoms with Gasteiger partial charge >= 0.3 is 11.7 Å². The lowest BCUT2D eigenvalue weighted by Gasteiger charge is -2.02. The molecule has 7 heteroatoms. The standard InChI is InChI=1S/C8H8N2O5/c1-5-2-6(10(13)14)8(9-3-5)15-4-7(11)12/h2-3H,4H2,1H3,(H,11,12). The summed E-state index contributed by atoms with van der Waals surface area (Å²) in [7, 11) is 0. The average Bonchev–Trinajstić information content (AvgIpc) is 2.15. The highest BCUT2D eigenvalue weighted by Crippen LogP contribution is 2.24. The Kier molecular flexibility index (Phi) is 3.17. The van der Waals surface area contributed by atoms with Crippen LogP contribution >= 0.6 is 0 Å². The zero-order valence-corrected chi connectivity index (χ0v) is 7.84. The van der Waals surface area contributed by atoms with E-state index >= 15 is 0 Å². The number of hydrogen-bond donors (Lipinski definition) is 1. The Balaban J connectivity index is 2.95. The van der Waals surface area contributed by atoms with Crippen LogP contribution < -0.4 is 4.74 Å². The molecule has 0 bridgehead atoms. The van der Waals surface area contributed by atoms with Gasteiger partial charge < -0.3 is 9.84 Å². The van der Waals surface area contributed by atoms with E-state index in [1.165, 1.54) is 12.3 Å². The van der Waals surface area contributed by atoms with E-state index in [9.17, 15) is 14.9 Å². The van der Waals surface area contributed by atoms with Crippen LogP contribution in [0.2, 0.25) is 0 Å². The van der Waals surface area contributed by atoms with E-state index in [1.54, 1.807) is 6.92 Å². The topological polar surface area (TPSA) is 103 Å². The Morgan fingerprint density at radius 2 is 2.40 bits per heavy atom. The van der Waals surface area contributed by atoms with Crippen molar-refractivity contribution in [2.24, 2.45) is 0 Å². The fourth-order valence-electron chi connectivity index (χ4n) is 0.913. The van der Waals surface area contributed by atoms with Crippen LogP contribution in [0.1, 0.15) is 5.56 Å². The predicted octanol–water partition coefficient (Wildman–Crippen LogP) is 0.762. The average molecular weight is 212 g/mol. The van der Waals surface area contributed by atoms with Crippen LogP contribution in [0.25, 0.3) is 0 Å². The Labute approximate surface area is 84.5 Å². The quantitative estimate of drug-likeness (QED) is 0.583. The van der Waals surface area contributed by atoms with E-state index in [2.05, 4.69) is 9.72 Å². The summed E-state index contributed by atoms with van der Waals surface area (Å²) in [6, 6.07) is 1.27. The number of carboxylic acid groups (broad SMARTS) is 1. The summed E-state index contributed by atoms with van der Waals surface area (Å²) in [6.07, 6.45) is 1.37. The zero-order chi connectivity index (χ0) is 11.4. The summed E-state index contributed by atoms with van der Waals surface area (Å²) >= 11 is 0. The molecule has 1 rings (SSSR count). The van der Waals surface area contributed by atoms with Gasteiger partial charge in [0.2, 0.25) is 0 Å². The zero-order valence-electron chi connectivity index (χ0n) is 7.84. The molecule has 0 saturated carbocycles. The van der Waals surface area contributed by atoms with Crippen LogP contribution in [-0.4, -0.2) is 27.6 Å². The van der Waals surface area contributed by atoms with Gasteiger partial charge in [0.25, 0.3) is 5.88 Å². The third-order valence-corrected chi connectivity index (χ3v) is 1.50. The number of carboxylic acids is 1. The molecule has 0 aliphatic heterocycles. The Morgan fingerprint density at radius 1 is 1.73 bits per heavy atom. The molecule has 7 nitrogen and oxygen atoms in total. The smallest absolute Gasteiger partial charge is 0.341 e. The molecule has 0 unspecified atom stereocenters. The first kappa shape index (κ1) is 10.9. The van der Waals surface area contributed by atoms with Gasteiger partial charge in [0, 0.05) is 12.3 Å². The molecule has 80 valence electrons. The summed E-state index contributed by atoms with van der Waals surface area (Å²) in [5.74, 6) is -1.50. The molecule has 0 spiro atoms. The number of aromatic nitrogens is 1. The summed E-state index contributed by atoms with van der Waals surface area (Å²) < 4.78 is 4.66. The molecule has 0 saturated heterocycles. The van der Waals surface area contributed by atoms with Crippen LogP contribution in [0.5, 0.6) is 5.88 Å². The maximum absolute atomic E-state index is 10.6. The SMILES string of the molecule is Cc1cnc(OCC(=O)O)c([N+](=O)[O-])c1. The van der Waals surface area contributed by atoms with Crippen molar-refractivity contribution in [3.05, 3.63) is 27.9 Å². The Hall–Kier alpha value is -2.18. The normalized spacial score (nSPS) is 9.67. The van der Waals surface area contributed by atoms with Crippen molar-refractivity contribution < 1.29 is 19.6 Å². The largest absolute Gasteiger partial charge is 0.479 e. The van der Waals surface area contributed by atoms with Crippen molar-refractivity contribution in [1.29, 1.82) is 0 Å². The summed E-state index contributed by atoms with van der Waals surface area (Å²) in [5.41, 5.74) is 0.264. The van der Waals surface area contributed by atoms with Crippen LogP contribution in [0.4, 0.5) is 5.69 Å². The van der Waals surface area contributed by atoms with Gasteiger partial charge in [-0.2, -0.15) is 0 Å². The molecule has 1 aromatic rings. The van der Waals surface area contributed by atoms with Crippen molar-refractivity contribution >= 4 is 11.7 Å². The van der Waals surface area contributed by atoms with Gasteiger partial charge in [-0.15, -0.1) is 0 Å². The van der Waals surface area contributed by atoms with E-state index < -0.39 is 17.5 Å². The molecule has 0 radical (unpaired) electrons. The van der Waals surface area contributed by atoms with Crippen LogP contribution in [0, 0.1) is 17.0 Å². The molecular formula is C8H8N2O5. The third-order valence-electron chi connectivity index (χ3n) is 1.50. The van der Waals surface area contributed by atoms with Crippen LogP contribution in [0.3, 0.4) is 0 Å². The first-order valence-electron chi connectivity index (χ1n) is 3.96. The van der Waals surface area contributed by atoms with Crippen molar-refractivity contribution in [2.75, 3.05) is 6.61 Å². The highest BCUT2D eigenvalue weighted by molar-refractivity contribution is 5.68. The third kappa shape index (κ3) is 2.90. The number of nitro groups is 1. The lowest BCUT2D eigenvalue weighted by molar-refractivity contribution is -0.386. The first-order valence-corrected chi connectivity index (χ1v) is 3.96. The minimum absolute atomic E-state index is 0.284. The molecule has 0 fully saturated rings. The predicted molar refractivity (Wildman–Crippen MR) is 48.8 cm³/mol. The number of aryl methyl sites for hydroxylation is 1. The Morgan fingerprint density at radius 3 is 2.93 bits per heavy atom. The highest BCUT2D eigenvalue weighted by Gasteiger charge is 2.17. The first-order chi connectivity index (χ1) is 7.00. The molecule has 0 aromatic carbocycles. The van der Waals surface area contributed by atoms with Crippen molar-refractivity contribution in [3.63, 3.8) is 0 Å². The molecule has 0 aliphatic carbocycles. The molecule has 0 aliphatic rings. The second-order valence-electron chi connectivity index (χ2n) is 2.78. The molecule has 0 atom stereocenters. The summed E-state index contributed by atoms with van der Waals surface area (Å²) in [5, 5.41) is 18.9. The number of pyridine rings is 1. The van der Waals surface area contributed by atoms with Gasteiger partial charge in [0.15, 0.2) is 6.61 Å². The van der Waals surface area contributed by atoms with E-state index in [0.29, 0.717) is 5.56 Å². The second-order valence-corrected chi connectivity index (χ2v) is 2.78. The van der Waals surface area contributed by atoms with Gasteiger partial charge in [0.1, 0.15) is 0 Å². The van der Waals surface area contributed by atoms with Crippen LogP contribution in [-0.2, 0) is 4.79 Å². The van der Waals surface area contributed by atoms with Gasteiger partial charge in [-0.3, -0.25) is 10.1 Å². The maximum atomic E-state index is 10.6. The minimum Gasteiger partial charge on any atom is -0.479 e. The number of ether oxygens (including phenoxy) is 1. The van der Waals surface area contributed by atoms with Crippen molar-refractivity contribution in [1.82, 2.24) is 4.98 Å². The van der Waals surface area contributed by atoms with Gasteiger partial charge in [-0.05, 0) is 12.5 Å². The minimum atomic E-state index is -1.22. The summed E-state index contributed by atoms with van der Waals surface area (Å²) in [6.45, 7) is 0.984. The number of rotatable bonds is 4. The molecular weight excluding hydrogens is 204 g/mol. The van der Waals surface area contributed by atoms with Crippen molar-refractivity contribution in [3.8, 4) is 5.88 Å². The van der Waals surface area contributed by atoms with Gasteiger partial charge in [-0.1, -0.05) is 0 Å². The number of nitrogens with zero attached hydrogens (tertiary/aromatic N) is 2. The van der Waals surface area contributed by atoms with E-state index in [1.807, 2.05) is 0 Å². The monoisotopic (exact) mass is 212 g/mol. The lowest BCUT2D eigenvalue weighted by atomic mass is 10.3. The van der Waals surface area contributed by atoms with Crippen molar-refractivity contribution in [2.45, 2.75) is 6.92 Å². The second kappa shape index (κ2) is 4.36. The molecule has 1 N–H and O–H groups in total. The fourth-order valence-corrected chi connectivity index (χ4v) is 0.913. The number of hydrogen-bond acceptors (Lipinski definition) is 5. The molecule has 1 aromatic heterocycles. The molecule has 15 heavy (non-hydrogen) atoms. The van der Waals surface area contributed by atoms with E-state index in [0.717, 1.165) is 0 Å². The van der Waals surface area contributed by atoms with Gasteiger partial charge in [0.05, 0.1) is 4.92 Å². The number of carbonyl (C=O) groups is 1. The molecule has 0 amide bonds. The number of aliphatic carboxylic acids is 1. The lowest BCUT2D eigenvalue weighted by Crippen LogP contribution is -2.11. The molecule has 1 heterocycles. The fraction of sp³-hybridized carbons (Fsp3) is 0.250. The van der Waals surface area contributed by atoms with Crippen LogP contribution in [0.15, 0.2) is 12.3 Å².